The monoisotopic (exact) mass is 308 g/mol. The van der Waals surface area contributed by atoms with Crippen molar-refractivity contribution in [1.29, 1.82) is 0 Å². The summed E-state index contributed by atoms with van der Waals surface area (Å²) >= 11 is 3.46. The van der Waals surface area contributed by atoms with Crippen molar-refractivity contribution in [3.8, 4) is 0 Å². The molecule has 0 saturated heterocycles. The van der Waals surface area contributed by atoms with Crippen molar-refractivity contribution in [1.82, 2.24) is 9.88 Å². The molecule has 0 fully saturated rings. The van der Waals surface area contributed by atoms with E-state index in [1.165, 1.54) is 0 Å². The average Bonchev–Trinajstić information content (AvgIpc) is 2.66. The molecule has 0 atom stereocenters. The van der Waals surface area contributed by atoms with E-state index in [0.717, 1.165) is 27.4 Å². The summed E-state index contributed by atoms with van der Waals surface area (Å²) in [7, 11) is 0. The molecule has 1 aromatic heterocycles. The Bertz CT molecular complexity index is 633. The number of nitrogens with zero attached hydrogens (tertiary/aromatic N) is 1. The van der Waals surface area contributed by atoms with Crippen LogP contribution in [0.5, 0.6) is 0 Å². The number of aliphatic hydroxyl groups is 1. The lowest BCUT2D eigenvalue weighted by Crippen LogP contribution is -2.33. The lowest BCUT2D eigenvalue weighted by atomic mass is 10.0. The molecule has 0 saturated carbocycles. The van der Waals surface area contributed by atoms with Gasteiger partial charge in [0.05, 0.1) is 6.61 Å². The van der Waals surface area contributed by atoms with Gasteiger partial charge in [0, 0.05) is 28.5 Å². The van der Waals surface area contributed by atoms with Gasteiger partial charge in [-0.05, 0) is 30.2 Å². The summed E-state index contributed by atoms with van der Waals surface area (Å²) in [5, 5.41) is 13.1. The van der Waals surface area contributed by atoms with Crippen LogP contribution in [0.2, 0.25) is 0 Å². The molecule has 18 heavy (non-hydrogen) atoms. The minimum atomic E-state index is -0.0444. The van der Waals surface area contributed by atoms with Crippen molar-refractivity contribution in [3.05, 3.63) is 33.9 Å². The first-order chi connectivity index (χ1) is 8.72. The molecule has 0 aliphatic carbocycles. The Morgan fingerprint density at radius 1 is 1.44 bits per heavy atom. The Morgan fingerprint density at radius 3 is 3.06 bits per heavy atom. The van der Waals surface area contributed by atoms with Crippen molar-refractivity contribution in [3.63, 3.8) is 0 Å². The molecule has 3 rings (SSSR count). The van der Waals surface area contributed by atoms with Crippen LogP contribution in [0.25, 0.3) is 10.9 Å². The summed E-state index contributed by atoms with van der Waals surface area (Å²) < 4.78 is 2.91. The number of halogens is 1. The second kappa shape index (κ2) is 4.40. The molecule has 2 aromatic rings. The molecule has 2 heterocycles. The predicted octanol–water partition coefficient (Wildman–Crippen LogP) is 1.68. The van der Waals surface area contributed by atoms with Crippen molar-refractivity contribution >= 4 is 32.7 Å². The summed E-state index contributed by atoms with van der Waals surface area (Å²) in [4.78, 5) is 12.0. The van der Waals surface area contributed by atoms with Gasteiger partial charge in [0.1, 0.15) is 5.69 Å². The van der Waals surface area contributed by atoms with Gasteiger partial charge in [-0.15, -0.1) is 0 Å². The van der Waals surface area contributed by atoms with E-state index in [9.17, 15) is 9.90 Å². The average molecular weight is 309 g/mol. The normalized spacial score (nSPS) is 14.7. The van der Waals surface area contributed by atoms with Gasteiger partial charge < -0.3 is 15.0 Å². The molecule has 4 nitrogen and oxygen atoms in total. The van der Waals surface area contributed by atoms with Gasteiger partial charge in [0.2, 0.25) is 0 Å². The van der Waals surface area contributed by atoms with Gasteiger partial charge >= 0.3 is 0 Å². The Morgan fingerprint density at radius 2 is 2.28 bits per heavy atom. The second-order valence-corrected chi connectivity index (χ2v) is 5.29. The lowest BCUT2D eigenvalue weighted by Gasteiger charge is -2.15. The van der Waals surface area contributed by atoms with Crippen LogP contribution in [0.3, 0.4) is 0 Å². The van der Waals surface area contributed by atoms with Crippen molar-refractivity contribution in [2.24, 2.45) is 0 Å². The number of rotatable bonds is 2. The van der Waals surface area contributed by atoms with Gasteiger partial charge in [-0.3, -0.25) is 4.79 Å². The van der Waals surface area contributed by atoms with Crippen molar-refractivity contribution in [2.45, 2.75) is 13.0 Å². The van der Waals surface area contributed by atoms with E-state index >= 15 is 0 Å². The molecule has 5 heteroatoms. The number of aliphatic hydroxyl groups excluding tert-OH is 1. The van der Waals surface area contributed by atoms with Crippen LogP contribution in [0.1, 0.15) is 16.1 Å². The molecule has 1 aliphatic rings. The third-order valence-electron chi connectivity index (χ3n) is 3.33. The van der Waals surface area contributed by atoms with Crippen LogP contribution in [0.4, 0.5) is 0 Å². The lowest BCUT2D eigenvalue weighted by molar-refractivity contribution is 0.0935. The summed E-state index contributed by atoms with van der Waals surface area (Å²) in [6.07, 6.45) is 0.840. The van der Waals surface area contributed by atoms with E-state index in [4.69, 9.17) is 0 Å². The minimum absolute atomic E-state index is 0.0273. The molecule has 0 unspecified atom stereocenters. The third-order valence-corrected chi connectivity index (χ3v) is 3.82. The number of fused-ring (bicyclic) bond motifs is 3. The molecule has 0 bridgehead atoms. The fourth-order valence-electron chi connectivity index (χ4n) is 2.63. The number of hydrogen-bond acceptors (Lipinski definition) is 2. The van der Waals surface area contributed by atoms with E-state index < -0.39 is 0 Å². The smallest absolute Gasteiger partial charge is 0.268 e. The van der Waals surface area contributed by atoms with E-state index in [2.05, 4.69) is 21.2 Å². The first kappa shape index (κ1) is 11.7. The molecule has 0 radical (unpaired) electrons. The van der Waals surface area contributed by atoms with E-state index in [0.29, 0.717) is 18.8 Å². The number of carbonyl (C=O) groups is 1. The van der Waals surface area contributed by atoms with Crippen LogP contribution in [-0.4, -0.2) is 28.7 Å². The zero-order chi connectivity index (χ0) is 12.7. The maximum absolute atomic E-state index is 12.0. The van der Waals surface area contributed by atoms with Gasteiger partial charge in [-0.25, -0.2) is 0 Å². The SMILES string of the molecule is O=C1NCCc2c1n(CCO)c1ccc(Br)cc21. The van der Waals surface area contributed by atoms with Crippen LogP contribution in [0, 0.1) is 0 Å². The van der Waals surface area contributed by atoms with E-state index in [1.54, 1.807) is 0 Å². The standard InChI is InChI=1S/C13H13BrN2O2/c14-8-1-2-11-10(7-8)9-3-4-15-13(18)12(9)16(11)5-6-17/h1-2,7,17H,3-6H2,(H,15,18). The fraction of sp³-hybridized carbons (Fsp3) is 0.308. The first-order valence-electron chi connectivity index (χ1n) is 5.92. The summed E-state index contributed by atoms with van der Waals surface area (Å²) in [5.41, 5.74) is 2.79. The van der Waals surface area contributed by atoms with Gasteiger partial charge in [0.25, 0.3) is 5.91 Å². The molecule has 2 N–H and O–H groups in total. The topological polar surface area (TPSA) is 54.3 Å². The van der Waals surface area contributed by atoms with Crippen LogP contribution in [0.15, 0.2) is 22.7 Å². The molecule has 94 valence electrons. The molecular weight excluding hydrogens is 296 g/mol. The van der Waals surface area contributed by atoms with Crippen LogP contribution >= 0.6 is 15.9 Å². The van der Waals surface area contributed by atoms with E-state index in [1.807, 2.05) is 22.8 Å². The third kappa shape index (κ3) is 1.66. The summed E-state index contributed by atoms with van der Waals surface area (Å²) in [6, 6.07) is 5.99. The highest BCUT2D eigenvalue weighted by atomic mass is 79.9. The molecular formula is C13H13BrN2O2. The number of aromatic nitrogens is 1. The highest BCUT2D eigenvalue weighted by molar-refractivity contribution is 9.10. The molecule has 1 aromatic carbocycles. The van der Waals surface area contributed by atoms with Gasteiger partial charge in [-0.1, -0.05) is 15.9 Å². The quantitative estimate of drug-likeness (QED) is 0.887. The Kier molecular flexibility index (Phi) is 2.87. The maximum Gasteiger partial charge on any atom is 0.268 e. The predicted molar refractivity (Wildman–Crippen MR) is 72.8 cm³/mol. The highest BCUT2D eigenvalue weighted by Crippen LogP contribution is 2.30. The Balaban J connectivity index is 2.35. The van der Waals surface area contributed by atoms with Gasteiger partial charge in [-0.2, -0.15) is 0 Å². The zero-order valence-electron chi connectivity index (χ0n) is 9.74. The Hall–Kier alpha value is -1.33. The van der Waals surface area contributed by atoms with Crippen LogP contribution in [-0.2, 0) is 13.0 Å². The zero-order valence-corrected chi connectivity index (χ0v) is 11.3. The molecule has 1 amide bonds. The number of hydrogen-bond donors (Lipinski definition) is 2. The number of benzene rings is 1. The minimum Gasteiger partial charge on any atom is -0.395 e. The highest BCUT2D eigenvalue weighted by Gasteiger charge is 2.25. The summed E-state index contributed by atoms with van der Waals surface area (Å²) in [5.74, 6) is -0.0444. The van der Waals surface area contributed by atoms with E-state index in [-0.39, 0.29) is 12.5 Å². The molecule has 0 spiro atoms. The Labute approximate surface area is 113 Å². The number of amides is 1. The van der Waals surface area contributed by atoms with Crippen LogP contribution < -0.4 is 5.32 Å². The maximum atomic E-state index is 12.0. The first-order valence-corrected chi connectivity index (χ1v) is 6.71. The second-order valence-electron chi connectivity index (χ2n) is 4.37. The van der Waals surface area contributed by atoms with Crippen molar-refractivity contribution < 1.29 is 9.90 Å². The molecule has 1 aliphatic heterocycles. The number of carbonyl (C=O) groups excluding carboxylic acids is 1. The largest absolute Gasteiger partial charge is 0.395 e. The van der Waals surface area contributed by atoms with Crippen molar-refractivity contribution in [2.75, 3.05) is 13.2 Å². The summed E-state index contributed by atoms with van der Waals surface area (Å²) in [6.45, 7) is 1.15. The fourth-order valence-corrected chi connectivity index (χ4v) is 2.99. The number of nitrogens with one attached hydrogen (secondary N) is 1. The van der Waals surface area contributed by atoms with Gasteiger partial charge in [0.15, 0.2) is 0 Å².